The number of thioether (sulfide) groups is 1. The lowest BCUT2D eigenvalue weighted by atomic mass is 10.1. The Kier molecular flexibility index (Phi) is 6.32. The molecule has 1 aromatic carbocycles. The molecule has 3 nitrogen and oxygen atoms in total. The van der Waals surface area contributed by atoms with Gasteiger partial charge in [-0.2, -0.15) is 0 Å². The van der Waals surface area contributed by atoms with Gasteiger partial charge < -0.3 is 0 Å². The molecule has 0 fully saturated rings. The van der Waals surface area contributed by atoms with E-state index in [1.807, 2.05) is 13.8 Å². The van der Waals surface area contributed by atoms with Gasteiger partial charge in [-0.25, -0.2) is 4.39 Å². The van der Waals surface area contributed by atoms with Crippen molar-refractivity contribution in [3.63, 3.8) is 0 Å². The first kappa shape index (κ1) is 16.9. The molecule has 0 aliphatic rings. The van der Waals surface area contributed by atoms with Crippen molar-refractivity contribution in [2.24, 2.45) is 0 Å². The van der Waals surface area contributed by atoms with Gasteiger partial charge in [-0.1, -0.05) is 34.6 Å². The van der Waals surface area contributed by atoms with E-state index in [0.29, 0.717) is 4.90 Å². The molecule has 0 saturated heterocycles. The second-order valence-electron chi connectivity index (χ2n) is 4.48. The van der Waals surface area contributed by atoms with Gasteiger partial charge in [0.1, 0.15) is 5.82 Å². The fraction of sp³-hybridized carbons (Fsp3) is 0.538. The molecule has 0 unspecified atom stereocenters. The number of rotatable bonds is 5. The lowest BCUT2D eigenvalue weighted by molar-refractivity contribution is -0.385. The standard InChI is InChI=1S/C12H16FNO2S.CH4/c1-4-7-12(2,3)17-11-6-5-9(14(15)16)8-10(11)13;/h5-6,8H,4,7H2,1-3H3;1H4. The molecule has 0 aliphatic heterocycles. The molecule has 0 heterocycles. The van der Waals surface area contributed by atoms with Gasteiger partial charge >= 0.3 is 0 Å². The summed E-state index contributed by atoms with van der Waals surface area (Å²) in [5.41, 5.74) is -0.208. The van der Waals surface area contributed by atoms with Crippen molar-refractivity contribution in [2.45, 2.75) is 50.7 Å². The Labute approximate surface area is 112 Å². The first-order valence-corrected chi connectivity index (χ1v) is 6.30. The highest BCUT2D eigenvalue weighted by Crippen LogP contribution is 2.37. The van der Waals surface area contributed by atoms with Crippen molar-refractivity contribution in [1.82, 2.24) is 0 Å². The largest absolute Gasteiger partial charge is 0.272 e. The molecule has 1 aromatic rings. The highest BCUT2D eigenvalue weighted by atomic mass is 32.2. The molecular weight excluding hydrogens is 253 g/mol. The summed E-state index contributed by atoms with van der Waals surface area (Å²) in [4.78, 5) is 10.4. The molecule has 102 valence electrons. The monoisotopic (exact) mass is 273 g/mol. The zero-order valence-corrected chi connectivity index (χ0v) is 11.0. The highest BCUT2D eigenvalue weighted by molar-refractivity contribution is 8.00. The molecule has 0 amide bonds. The number of non-ortho nitro benzene ring substituents is 1. The molecule has 0 aliphatic carbocycles. The average molecular weight is 273 g/mol. The molecule has 1 rings (SSSR count). The topological polar surface area (TPSA) is 43.1 Å². The summed E-state index contributed by atoms with van der Waals surface area (Å²) >= 11 is 1.42. The molecule has 0 aromatic heterocycles. The smallest absolute Gasteiger partial charge is 0.258 e. The number of hydrogen-bond acceptors (Lipinski definition) is 3. The fourth-order valence-electron chi connectivity index (χ4n) is 1.64. The number of nitro benzene ring substituents is 1. The maximum absolute atomic E-state index is 13.7. The first-order chi connectivity index (χ1) is 7.85. The molecular formula is C13H20FNO2S. The summed E-state index contributed by atoms with van der Waals surface area (Å²) in [6, 6.07) is 3.80. The van der Waals surface area contributed by atoms with E-state index < -0.39 is 10.7 Å². The minimum Gasteiger partial charge on any atom is -0.258 e. The van der Waals surface area contributed by atoms with Crippen LogP contribution in [0.4, 0.5) is 10.1 Å². The van der Waals surface area contributed by atoms with Gasteiger partial charge in [0, 0.05) is 15.7 Å². The molecule has 18 heavy (non-hydrogen) atoms. The van der Waals surface area contributed by atoms with Gasteiger partial charge in [-0.05, 0) is 12.5 Å². The van der Waals surface area contributed by atoms with Crippen LogP contribution in [0.25, 0.3) is 0 Å². The molecule has 0 spiro atoms. The second kappa shape index (κ2) is 6.73. The summed E-state index contributed by atoms with van der Waals surface area (Å²) in [7, 11) is 0. The third kappa shape index (κ3) is 4.64. The Morgan fingerprint density at radius 1 is 1.44 bits per heavy atom. The minimum atomic E-state index is -0.589. The van der Waals surface area contributed by atoms with Crippen molar-refractivity contribution in [2.75, 3.05) is 0 Å². The van der Waals surface area contributed by atoms with Gasteiger partial charge in [-0.15, -0.1) is 11.8 Å². The predicted molar refractivity (Wildman–Crippen MR) is 74.6 cm³/mol. The normalized spacial score (nSPS) is 10.9. The van der Waals surface area contributed by atoms with E-state index in [9.17, 15) is 14.5 Å². The molecule has 0 N–H and O–H groups in total. The van der Waals surface area contributed by atoms with Crippen molar-refractivity contribution >= 4 is 17.4 Å². The van der Waals surface area contributed by atoms with Gasteiger partial charge in [0.15, 0.2) is 0 Å². The average Bonchev–Trinajstić information content (AvgIpc) is 2.20. The van der Waals surface area contributed by atoms with E-state index in [0.717, 1.165) is 18.9 Å². The SMILES string of the molecule is C.CCCC(C)(C)Sc1ccc([N+](=O)[O-])cc1F. The van der Waals surface area contributed by atoms with Gasteiger partial charge in [0.2, 0.25) is 0 Å². The summed E-state index contributed by atoms with van der Waals surface area (Å²) in [5.74, 6) is -0.520. The maximum atomic E-state index is 13.7. The Hall–Kier alpha value is -1.10. The van der Waals surface area contributed by atoms with Gasteiger partial charge in [0.25, 0.3) is 5.69 Å². The number of hydrogen-bond donors (Lipinski definition) is 0. The lowest BCUT2D eigenvalue weighted by Crippen LogP contribution is -2.13. The summed E-state index contributed by atoms with van der Waals surface area (Å²) in [5, 5.41) is 10.5. The van der Waals surface area contributed by atoms with Crippen molar-refractivity contribution in [1.29, 1.82) is 0 Å². The second-order valence-corrected chi connectivity index (χ2v) is 6.23. The highest BCUT2D eigenvalue weighted by Gasteiger charge is 2.21. The summed E-state index contributed by atoms with van der Waals surface area (Å²) < 4.78 is 13.6. The van der Waals surface area contributed by atoms with Crippen LogP contribution < -0.4 is 0 Å². The predicted octanol–water partition coefficient (Wildman–Crippen LogP) is 5.04. The van der Waals surface area contributed by atoms with Crippen LogP contribution in [0.3, 0.4) is 0 Å². The molecule has 0 atom stereocenters. The van der Waals surface area contributed by atoms with Crippen molar-refractivity contribution in [3.8, 4) is 0 Å². The number of halogens is 1. The number of nitrogens with zero attached hydrogens (tertiary/aromatic N) is 1. The molecule has 0 bridgehead atoms. The Balaban J connectivity index is 0.00000289. The first-order valence-electron chi connectivity index (χ1n) is 5.48. The van der Waals surface area contributed by atoms with E-state index >= 15 is 0 Å². The number of nitro groups is 1. The Bertz CT molecular complexity index is 421. The maximum Gasteiger partial charge on any atom is 0.272 e. The van der Waals surface area contributed by atoms with Crippen molar-refractivity contribution < 1.29 is 9.31 Å². The van der Waals surface area contributed by atoms with Crippen LogP contribution in [0.1, 0.15) is 41.0 Å². The summed E-state index contributed by atoms with van der Waals surface area (Å²) in [6.45, 7) is 6.17. The van der Waals surface area contributed by atoms with E-state index in [1.54, 1.807) is 0 Å². The van der Waals surface area contributed by atoms with Crippen molar-refractivity contribution in [3.05, 3.63) is 34.1 Å². The van der Waals surface area contributed by atoms with Crippen LogP contribution in [0.2, 0.25) is 0 Å². The van der Waals surface area contributed by atoms with E-state index in [4.69, 9.17) is 0 Å². The minimum absolute atomic E-state index is 0. The van der Waals surface area contributed by atoms with Crippen LogP contribution in [-0.4, -0.2) is 9.67 Å². The van der Waals surface area contributed by atoms with Crippen LogP contribution >= 0.6 is 11.8 Å². The number of benzene rings is 1. The molecule has 5 heteroatoms. The third-order valence-corrected chi connectivity index (χ3v) is 3.67. The Morgan fingerprint density at radius 2 is 2.06 bits per heavy atom. The quantitative estimate of drug-likeness (QED) is 0.429. The fourth-order valence-corrected chi connectivity index (χ4v) is 2.83. The van der Waals surface area contributed by atoms with Crippen LogP contribution in [0, 0.1) is 15.9 Å². The summed E-state index contributed by atoms with van der Waals surface area (Å²) in [6.07, 6.45) is 1.99. The van der Waals surface area contributed by atoms with Gasteiger partial charge in [-0.3, -0.25) is 10.1 Å². The lowest BCUT2D eigenvalue weighted by Gasteiger charge is -2.23. The molecule has 0 radical (unpaired) electrons. The van der Waals surface area contributed by atoms with Crippen LogP contribution in [0.15, 0.2) is 23.1 Å². The van der Waals surface area contributed by atoms with E-state index in [-0.39, 0.29) is 17.9 Å². The Morgan fingerprint density at radius 3 is 2.50 bits per heavy atom. The molecule has 0 saturated carbocycles. The van der Waals surface area contributed by atoms with Gasteiger partial charge in [0.05, 0.1) is 11.0 Å². The van der Waals surface area contributed by atoms with E-state index in [1.165, 1.54) is 23.9 Å². The van der Waals surface area contributed by atoms with Crippen LogP contribution in [0.5, 0.6) is 0 Å². The van der Waals surface area contributed by atoms with Crippen LogP contribution in [-0.2, 0) is 0 Å². The zero-order chi connectivity index (χ0) is 13.1. The third-order valence-electron chi connectivity index (χ3n) is 2.36. The van der Waals surface area contributed by atoms with E-state index in [2.05, 4.69) is 6.92 Å². The zero-order valence-electron chi connectivity index (χ0n) is 10.2.